The first-order valence-electron chi connectivity index (χ1n) is 20.2. The number of aliphatic hydroxyl groups is 2. The molecule has 0 radical (unpaired) electrons. The molecule has 276 valence electrons. The van der Waals surface area contributed by atoms with Crippen LogP contribution in [0.1, 0.15) is 181 Å². The number of aliphatic hydroxyl groups excluding tert-OH is 2. The van der Waals surface area contributed by atoms with Gasteiger partial charge in [0.1, 0.15) is 0 Å². The summed E-state index contributed by atoms with van der Waals surface area (Å²) in [6.45, 7) is 3.99. The lowest BCUT2D eigenvalue weighted by molar-refractivity contribution is -0.123. The molecule has 0 aliphatic heterocycles. The summed E-state index contributed by atoms with van der Waals surface area (Å²) in [5, 5.41) is 22.4. The standard InChI is InChI=1S/C44H77NO3/c1-3-5-7-8-9-10-11-12-13-14-15-16-17-18-19-20-21-22-23-24-25-26-27-28-29-30-31-32-33-34-35-36-38-40-44(48)45-42(41-46)43(47)39-37-6-4-2/h5,7,9-10,12-13,15-16,18-19,37,39,42-43,46-47H,3-4,6,8,11,14,17,20-36,38,40-41H2,1-2H3,(H,45,48)/b7-5-,10-9-,13-12-,16-15-,19-18-,39-37+. The van der Waals surface area contributed by atoms with Gasteiger partial charge in [0.25, 0.3) is 0 Å². The summed E-state index contributed by atoms with van der Waals surface area (Å²) in [6.07, 6.45) is 56.5. The SMILES string of the molecule is CC/C=C\C/C=C\C/C=C\C/C=C\C/C=C\CCCCCCCCCCCCCCCCCCCC(=O)NC(CO)C(O)/C=C/CCC. The molecule has 48 heavy (non-hydrogen) atoms. The molecule has 0 aromatic carbocycles. The Morgan fingerprint density at radius 3 is 1.33 bits per heavy atom. The highest BCUT2D eigenvalue weighted by molar-refractivity contribution is 5.76. The topological polar surface area (TPSA) is 69.6 Å². The number of amides is 1. The van der Waals surface area contributed by atoms with Crippen molar-refractivity contribution in [1.82, 2.24) is 5.32 Å². The number of hydrogen-bond acceptors (Lipinski definition) is 3. The summed E-state index contributed by atoms with van der Waals surface area (Å²) < 4.78 is 0. The van der Waals surface area contributed by atoms with Crippen LogP contribution in [0.4, 0.5) is 0 Å². The van der Waals surface area contributed by atoms with E-state index in [1.54, 1.807) is 6.08 Å². The lowest BCUT2D eigenvalue weighted by Gasteiger charge is -2.19. The zero-order valence-electron chi connectivity index (χ0n) is 31.5. The van der Waals surface area contributed by atoms with E-state index >= 15 is 0 Å². The van der Waals surface area contributed by atoms with Crippen LogP contribution in [0.5, 0.6) is 0 Å². The van der Waals surface area contributed by atoms with Gasteiger partial charge in [0, 0.05) is 6.42 Å². The van der Waals surface area contributed by atoms with Crippen molar-refractivity contribution >= 4 is 5.91 Å². The van der Waals surface area contributed by atoms with E-state index in [0.717, 1.165) is 57.8 Å². The predicted octanol–water partition coefficient (Wildman–Crippen LogP) is 12.3. The van der Waals surface area contributed by atoms with Gasteiger partial charge in [0.05, 0.1) is 18.8 Å². The molecule has 0 aromatic rings. The highest BCUT2D eigenvalue weighted by atomic mass is 16.3. The Balaban J connectivity index is 3.39. The fraction of sp³-hybridized carbons (Fsp3) is 0.705. The summed E-state index contributed by atoms with van der Waals surface area (Å²) in [6, 6.07) is -0.618. The molecule has 0 aromatic heterocycles. The first kappa shape index (κ1) is 45.8. The average molecular weight is 668 g/mol. The predicted molar refractivity (Wildman–Crippen MR) is 211 cm³/mol. The Labute approximate surface area is 298 Å². The van der Waals surface area contributed by atoms with Crippen LogP contribution in [-0.4, -0.2) is 34.9 Å². The molecule has 4 nitrogen and oxygen atoms in total. The van der Waals surface area contributed by atoms with Gasteiger partial charge in [-0.05, 0) is 57.8 Å². The fourth-order valence-electron chi connectivity index (χ4n) is 5.62. The van der Waals surface area contributed by atoms with Crippen molar-refractivity contribution in [2.75, 3.05) is 6.61 Å². The van der Waals surface area contributed by atoms with Gasteiger partial charge in [-0.1, -0.05) is 189 Å². The van der Waals surface area contributed by atoms with Crippen molar-refractivity contribution in [2.45, 2.75) is 193 Å². The minimum Gasteiger partial charge on any atom is -0.394 e. The number of rotatable bonds is 35. The van der Waals surface area contributed by atoms with Crippen LogP contribution in [0.3, 0.4) is 0 Å². The summed E-state index contributed by atoms with van der Waals surface area (Å²) in [5.74, 6) is -0.0787. The molecule has 0 aliphatic rings. The molecule has 2 unspecified atom stereocenters. The van der Waals surface area contributed by atoms with Crippen LogP contribution < -0.4 is 5.32 Å². The smallest absolute Gasteiger partial charge is 0.220 e. The van der Waals surface area contributed by atoms with E-state index in [4.69, 9.17) is 0 Å². The fourth-order valence-corrected chi connectivity index (χ4v) is 5.62. The van der Waals surface area contributed by atoms with E-state index < -0.39 is 12.1 Å². The summed E-state index contributed by atoms with van der Waals surface area (Å²) in [7, 11) is 0. The minimum atomic E-state index is -0.836. The van der Waals surface area contributed by atoms with Gasteiger partial charge in [-0.2, -0.15) is 0 Å². The average Bonchev–Trinajstić information content (AvgIpc) is 3.09. The third-order valence-electron chi connectivity index (χ3n) is 8.68. The van der Waals surface area contributed by atoms with E-state index in [2.05, 4.69) is 79.9 Å². The van der Waals surface area contributed by atoms with Crippen molar-refractivity contribution in [2.24, 2.45) is 0 Å². The minimum absolute atomic E-state index is 0.0787. The Morgan fingerprint density at radius 2 is 0.917 bits per heavy atom. The number of allylic oxidation sites excluding steroid dienone is 11. The molecule has 0 rings (SSSR count). The Morgan fingerprint density at radius 1 is 0.521 bits per heavy atom. The lowest BCUT2D eigenvalue weighted by atomic mass is 10.0. The maximum atomic E-state index is 12.2. The second-order valence-electron chi connectivity index (χ2n) is 13.3. The van der Waals surface area contributed by atoms with Crippen molar-refractivity contribution < 1.29 is 15.0 Å². The Hall–Kier alpha value is -2.17. The van der Waals surface area contributed by atoms with Crippen LogP contribution in [0.25, 0.3) is 0 Å². The Bertz CT molecular complexity index is 853. The van der Waals surface area contributed by atoms with Gasteiger partial charge in [0.15, 0.2) is 0 Å². The quantitative estimate of drug-likeness (QED) is 0.0465. The van der Waals surface area contributed by atoms with Crippen LogP contribution >= 0.6 is 0 Å². The molecule has 0 bridgehead atoms. The molecule has 3 N–H and O–H groups in total. The number of nitrogens with one attached hydrogen (secondary N) is 1. The second kappa shape index (κ2) is 39.3. The largest absolute Gasteiger partial charge is 0.394 e. The maximum absolute atomic E-state index is 12.2. The first-order chi connectivity index (χ1) is 23.7. The number of carbonyl (C=O) groups is 1. The molecule has 0 heterocycles. The highest BCUT2D eigenvalue weighted by Crippen LogP contribution is 2.15. The molecule has 2 atom stereocenters. The van der Waals surface area contributed by atoms with Crippen molar-refractivity contribution in [3.05, 3.63) is 72.9 Å². The maximum Gasteiger partial charge on any atom is 0.220 e. The zero-order chi connectivity index (χ0) is 35.0. The number of hydrogen-bond donors (Lipinski definition) is 3. The van der Waals surface area contributed by atoms with Gasteiger partial charge >= 0.3 is 0 Å². The summed E-state index contributed by atoms with van der Waals surface area (Å²) in [5.41, 5.74) is 0. The third-order valence-corrected chi connectivity index (χ3v) is 8.68. The van der Waals surface area contributed by atoms with E-state index in [0.29, 0.717) is 6.42 Å². The Kier molecular flexibility index (Phi) is 37.5. The normalized spacial score (nSPS) is 13.8. The molecule has 0 saturated heterocycles. The monoisotopic (exact) mass is 668 g/mol. The third kappa shape index (κ3) is 35.1. The summed E-state index contributed by atoms with van der Waals surface area (Å²) in [4.78, 5) is 12.2. The van der Waals surface area contributed by atoms with E-state index in [-0.39, 0.29) is 12.5 Å². The van der Waals surface area contributed by atoms with E-state index in [1.807, 2.05) is 6.08 Å². The van der Waals surface area contributed by atoms with Crippen LogP contribution in [0, 0.1) is 0 Å². The van der Waals surface area contributed by atoms with Crippen LogP contribution in [0.2, 0.25) is 0 Å². The van der Waals surface area contributed by atoms with Gasteiger partial charge < -0.3 is 15.5 Å². The van der Waals surface area contributed by atoms with Gasteiger partial charge in [-0.15, -0.1) is 0 Å². The van der Waals surface area contributed by atoms with Gasteiger partial charge in [0.2, 0.25) is 5.91 Å². The van der Waals surface area contributed by atoms with Crippen molar-refractivity contribution in [3.63, 3.8) is 0 Å². The summed E-state index contributed by atoms with van der Waals surface area (Å²) >= 11 is 0. The molecule has 0 aliphatic carbocycles. The molecular weight excluding hydrogens is 590 g/mol. The molecule has 0 fully saturated rings. The van der Waals surface area contributed by atoms with Gasteiger partial charge in [-0.25, -0.2) is 0 Å². The molecular formula is C44H77NO3. The van der Waals surface area contributed by atoms with E-state index in [9.17, 15) is 15.0 Å². The molecule has 1 amide bonds. The molecule has 4 heteroatoms. The zero-order valence-corrected chi connectivity index (χ0v) is 31.5. The second-order valence-corrected chi connectivity index (χ2v) is 13.3. The van der Waals surface area contributed by atoms with E-state index in [1.165, 1.54) is 103 Å². The molecule has 0 saturated carbocycles. The highest BCUT2D eigenvalue weighted by Gasteiger charge is 2.17. The van der Waals surface area contributed by atoms with Crippen LogP contribution in [-0.2, 0) is 4.79 Å². The van der Waals surface area contributed by atoms with Crippen molar-refractivity contribution in [3.8, 4) is 0 Å². The van der Waals surface area contributed by atoms with Crippen LogP contribution in [0.15, 0.2) is 72.9 Å². The van der Waals surface area contributed by atoms with Crippen molar-refractivity contribution in [1.29, 1.82) is 0 Å². The van der Waals surface area contributed by atoms with Gasteiger partial charge in [-0.3, -0.25) is 4.79 Å². The lowest BCUT2D eigenvalue weighted by Crippen LogP contribution is -2.45. The first-order valence-corrected chi connectivity index (χ1v) is 20.2. The number of carbonyl (C=O) groups excluding carboxylic acids is 1. The molecule has 0 spiro atoms. The number of unbranched alkanes of at least 4 members (excludes halogenated alkanes) is 18.